The van der Waals surface area contributed by atoms with Crippen LogP contribution < -0.4 is 10.1 Å². The Bertz CT molecular complexity index is 415. The van der Waals surface area contributed by atoms with E-state index in [-0.39, 0.29) is 0 Å². The zero-order valence-electron chi connectivity index (χ0n) is 13.6. The summed E-state index contributed by atoms with van der Waals surface area (Å²) in [7, 11) is 3.91. The Balaban J connectivity index is 2.11. The molecule has 3 unspecified atom stereocenters. The molecule has 1 saturated heterocycles. The van der Waals surface area contributed by atoms with Crippen LogP contribution in [-0.4, -0.2) is 50.9 Å². The maximum atomic E-state index is 5.53. The lowest BCUT2D eigenvalue weighted by atomic mass is 9.98. The van der Waals surface area contributed by atoms with Gasteiger partial charge in [-0.3, -0.25) is 4.90 Å². The first-order valence-corrected chi connectivity index (χ1v) is 7.84. The van der Waals surface area contributed by atoms with Gasteiger partial charge in [-0.1, -0.05) is 19.1 Å². The molecule has 1 aromatic carbocycles. The summed E-state index contributed by atoms with van der Waals surface area (Å²) in [6.07, 6.45) is 1.13. The van der Waals surface area contributed by atoms with Crippen LogP contribution in [0.3, 0.4) is 0 Å². The van der Waals surface area contributed by atoms with Crippen molar-refractivity contribution in [2.75, 3.05) is 33.9 Å². The summed E-state index contributed by atoms with van der Waals surface area (Å²) in [5.74, 6) is 0.902. The lowest BCUT2D eigenvalue weighted by Gasteiger charge is -2.36. The topological polar surface area (TPSA) is 33.7 Å². The Morgan fingerprint density at radius 2 is 2.10 bits per heavy atom. The lowest BCUT2D eigenvalue weighted by molar-refractivity contribution is 0.121. The van der Waals surface area contributed by atoms with Crippen LogP contribution in [0, 0.1) is 0 Å². The molecule has 0 bridgehead atoms. The highest BCUT2D eigenvalue weighted by molar-refractivity contribution is 5.30. The van der Waals surface area contributed by atoms with E-state index in [1.807, 2.05) is 12.1 Å². The van der Waals surface area contributed by atoms with Crippen molar-refractivity contribution in [3.05, 3.63) is 29.8 Å². The summed E-state index contributed by atoms with van der Waals surface area (Å²) in [5, 5.41) is 3.62. The van der Waals surface area contributed by atoms with Gasteiger partial charge in [0.25, 0.3) is 0 Å². The van der Waals surface area contributed by atoms with Crippen LogP contribution in [0.15, 0.2) is 24.3 Å². The van der Waals surface area contributed by atoms with Crippen LogP contribution in [0.4, 0.5) is 0 Å². The van der Waals surface area contributed by atoms with Crippen molar-refractivity contribution in [3.8, 4) is 5.75 Å². The van der Waals surface area contributed by atoms with Gasteiger partial charge >= 0.3 is 0 Å². The fourth-order valence-corrected chi connectivity index (χ4v) is 3.01. The molecule has 0 amide bonds. The van der Waals surface area contributed by atoms with Gasteiger partial charge in [0.2, 0.25) is 0 Å². The van der Waals surface area contributed by atoms with Crippen molar-refractivity contribution >= 4 is 0 Å². The van der Waals surface area contributed by atoms with Gasteiger partial charge in [0.05, 0.1) is 13.7 Å². The highest BCUT2D eigenvalue weighted by Gasteiger charge is 2.29. The minimum atomic E-state index is 0.312. The molecular formula is C17H28N2O2. The standard InChI is InChI=1S/C17H28N2O2/c1-5-18-17(14-6-8-16(20-4)9-7-14)13(2)19(3)15-10-11-21-12-15/h6-9,13,15,17-18H,5,10-12H2,1-4H3. The highest BCUT2D eigenvalue weighted by atomic mass is 16.5. The molecule has 3 atom stereocenters. The first-order valence-electron chi connectivity index (χ1n) is 7.84. The molecule has 118 valence electrons. The molecule has 1 heterocycles. The molecule has 4 nitrogen and oxygen atoms in total. The smallest absolute Gasteiger partial charge is 0.118 e. The van der Waals surface area contributed by atoms with Crippen molar-refractivity contribution in [2.45, 2.75) is 38.4 Å². The summed E-state index contributed by atoms with van der Waals surface area (Å²) < 4.78 is 10.8. The maximum absolute atomic E-state index is 5.53. The normalized spacial score (nSPS) is 21.5. The van der Waals surface area contributed by atoms with Crippen LogP contribution in [-0.2, 0) is 4.74 Å². The third-order valence-corrected chi connectivity index (χ3v) is 4.51. The number of hydrogen-bond acceptors (Lipinski definition) is 4. The van der Waals surface area contributed by atoms with Gasteiger partial charge in [0.1, 0.15) is 5.75 Å². The monoisotopic (exact) mass is 292 g/mol. The minimum absolute atomic E-state index is 0.312. The Labute approximate surface area is 128 Å². The molecule has 1 aromatic rings. The van der Waals surface area contributed by atoms with Crippen molar-refractivity contribution in [1.82, 2.24) is 10.2 Å². The van der Waals surface area contributed by atoms with Crippen LogP contribution in [0.25, 0.3) is 0 Å². The van der Waals surface area contributed by atoms with Crippen molar-refractivity contribution < 1.29 is 9.47 Å². The zero-order chi connectivity index (χ0) is 15.2. The highest BCUT2D eigenvalue weighted by Crippen LogP contribution is 2.25. The number of methoxy groups -OCH3 is 1. The van der Waals surface area contributed by atoms with E-state index in [0.717, 1.165) is 31.9 Å². The van der Waals surface area contributed by atoms with E-state index >= 15 is 0 Å². The SMILES string of the molecule is CCNC(c1ccc(OC)cc1)C(C)N(C)C1CCOC1. The van der Waals surface area contributed by atoms with Gasteiger partial charge in [-0.15, -0.1) is 0 Å². The first-order chi connectivity index (χ1) is 10.2. The van der Waals surface area contributed by atoms with E-state index in [1.54, 1.807) is 7.11 Å². The fraction of sp³-hybridized carbons (Fsp3) is 0.647. The molecular weight excluding hydrogens is 264 g/mol. The van der Waals surface area contributed by atoms with Crippen LogP contribution in [0.5, 0.6) is 5.75 Å². The number of ether oxygens (including phenoxy) is 2. The zero-order valence-corrected chi connectivity index (χ0v) is 13.6. The number of nitrogens with zero attached hydrogens (tertiary/aromatic N) is 1. The van der Waals surface area contributed by atoms with E-state index in [4.69, 9.17) is 9.47 Å². The summed E-state index contributed by atoms with van der Waals surface area (Å²) >= 11 is 0. The van der Waals surface area contributed by atoms with Crippen molar-refractivity contribution in [2.24, 2.45) is 0 Å². The lowest BCUT2D eigenvalue weighted by Crippen LogP contribution is -2.46. The van der Waals surface area contributed by atoms with E-state index in [1.165, 1.54) is 5.56 Å². The summed E-state index contributed by atoms with van der Waals surface area (Å²) in [6, 6.07) is 9.62. The number of hydrogen-bond donors (Lipinski definition) is 1. The number of benzene rings is 1. The van der Waals surface area contributed by atoms with E-state index in [2.05, 4.69) is 43.2 Å². The number of rotatable bonds is 7. The van der Waals surface area contributed by atoms with E-state index in [9.17, 15) is 0 Å². The molecule has 2 rings (SSSR count). The second-order valence-corrected chi connectivity index (χ2v) is 5.73. The average molecular weight is 292 g/mol. The second kappa shape index (κ2) is 7.78. The Kier molecular flexibility index (Phi) is 6.03. The molecule has 1 aliphatic rings. The Hall–Kier alpha value is -1.10. The van der Waals surface area contributed by atoms with Gasteiger partial charge < -0.3 is 14.8 Å². The second-order valence-electron chi connectivity index (χ2n) is 5.73. The van der Waals surface area contributed by atoms with Crippen LogP contribution in [0.1, 0.15) is 31.9 Å². The molecule has 0 aromatic heterocycles. The van der Waals surface area contributed by atoms with Crippen molar-refractivity contribution in [1.29, 1.82) is 0 Å². The van der Waals surface area contributed by atoms with Crippen molar-refractivity contribution in [3.63, 3.8) is 0 Å². The Morgan fingerprint density at radius 3 is 2.62 bits per heavy atom. The summed E-state index contributed by atoms with van der Waals surface area (Å²) in [6.45, 7) is 7.13. The molecule has 21 heavy (non-hydrogen) atoms. The predicted octanol–water partition coefficient (Wildman–Crippen LogP) is 2.46. The summed E-state index contributed by atoms with van der Waals surface area (Å²) in [4.78, 5) is 2.45. The van der Waals surface area contributed by atoms with Gasteiger partial charge in [-0.05, 0) is 44.6 Å². The number of likely N-dealkylation sites (N-methyl/N-ethyl adjacent to an activating group) is 2. The van der Waals surface area contributed by atoms with Crippen LogP contribution in [0.2, 0.25) is 0 Å². The third kappa shape index (κ3) is 3.96. The molecule has 1 aliphatic heterocycles. The fourth-order valence-electron chi connectivity index (χ4n) is 3.01. The molecule has 0 radical (unpaired) electrons. The quantitative estimate of drug-likeness (QED) is 0.837. The van der Waals surface area contributed by atoms with Crippen LogP contribution >= 0.6 is 0 Å². The largest absolute Gasteiger partial charge is 0.497 e. The van der Waals surface area contributed by atoms with E-state index < -0.39 is 0 Å². The molecule has 1 N–H and O–H groups in total. The molecule has 4 heteroatoms. The van der Waals surface area contributed by atoms with Gasteiger partial charge in [0, 0.05) is 24.7 Å². The molecule has 0 saturated carbocycles. The van der Waals surface area contributed by atoms with Gasteiger partial charge in [-0.25, -0.2) is 0 Å². The van der Waals surface area contributed by atoms with Gasteiger partial charge in [0.15, 0.2) is 0 Å². The molecule has 0 aliphatic carbocycles. The molecule has 0 spiro atoms. The first kappa shape index (κ1) is 16.3. The predicted molar refractivity (Wildman–Crippen MR) is 85.9 cm³/mol. The maximum Gasteiger partial charge on any atom is 0.118 e. The minimum Gasteiger partial charge on any atom is -0.497 e. The number of nitrogens with one attached hydrogen (secondary N) is 1. The Morgan fingerprint density at radius 1 is 1.38 bits per heavy atom. The summed E-state index contributed by atoms with van der Waals surface area (Å²) in [5.41, 5.74) is 1.30. The van der Waals surface area contributed by atoms with E-state index in [0.29, 0.717) is 18.1 Å². The average Bonchev–Trinajstić information content (AvgIpc) is 3.06. The third-order valence-electron chi connectivity index (χ3n) is 4.51. The van der Waals surface area contributed by atoms with Gasteiger partial charge in [-0.2, -0.15) is 0 Å². The molecule has 1 fully saturated rings.